The molecule has 1 aromatic rings. The Hall–Kier alpha value is -1.79. The molecule has 3 amide bonds. The van der Waals surface area contributed by atoms with Crippen molar-refractivity contribution in [2.45, 2.75) is 38.6 Å². The number of amides is 3. The lowest BCUT2D eigenvalue weighted by Crippen LogP contribution is -3.00. The van der Waals surface area contributed by atoms with E-state index in [4.69, 9.17) is 10.5 Å². The number of quaternary nitrogens is 1. The van der Waals surface area contributed by atoms with Crippen LogP contribution in [0.4, 0.5) is 9.59 Å². The third kappa shape index (κ3) is 7.28. The minimum atomic E-state index is -0.932. The molecule has 0 bridgehead atoms. The maximum Gasteiger partial charge on any atom is 0.415 e. The van der Waals surface area contributed by atoms with Gasteiger partial charge in [0.25, 0.3) is 0 Å². The Balaban J connectivity index is 0.00000441. The van der Waals surface area contributed by atoms with Gasteiger partial charge in [-0.2, -0.15) is 0 Å². The molecule has 0 saturated carbocycles. The van der Waals surface area contributed by atoms with E-state index >= 15 is 0 Å². The molecule has 0 aromatic heterocycles. The smallest absolute Gasteiger partial charge is 0.415 e. The summed E-state index contributed by atoms with van der Waals surface area (Å²) in [6.07, 6.45) is -0.159. The Morgan fingerprint density at radius 3 is 2.27 bits per heavy atom. The predicted molar refractivity (Wildman–Crippen MR) is 79.6 cm³/mol. The molecule has 0 aliphatic rings. The van der Waals surface area contributed by atoms with Gasteiger partial charge in [-0.05, 0) is 16.5 Å². The summed E-state index contributed by atoms with van der Waals surface area (Å²) in [6.45, 7) is 6.62. The molecule has 7 heteroatoms. The molecule has 6 nitrogen and oxygen atoms in total. The molecule has 0 saturated heterocycles. The number of hydrogen-bond donors (Lipinski definition) is 3. The average molecular weight is 330 g/mol. The van der Waals surface area contributed by atoms with Gasteiger partial charge in [0.15, 0.2) is 0 Å². The zero-order valence-electron chi connectivity index (χ0n) is 13.2. The number of primary amides is 1. The first kappa shape index (κ1) is 20.2. The van der Waals surface area contributed by atoms with Gasteiger partial charge in [0.05, 0.1) is 0 Å². The lowest BCUT2D eigenvalue weighted by Gasteiger charge is -2.19. The van der Waals surface area contributed by atoms with Crippen LogP contribution in [0.2, 0.25) is 0 Å². The van der Waals surface area contributed by atoms with Crippen molar-refractivity contribution in [1.29, 1.82) is 0 Å². The van der Waals surface area contributed by atoms with Gasteiger partial charge >= 0.3 is 12.1 Å². The third-order valence-electron chi connectivity index (χ3n) is 3.02. The molecule has 1 atom stereocenters. The van der Waals surface area contributed by atoms with Crippen LogP contribution in [0, 0.1) is 0 Å². The molecule has 0 radical (unpaired) electrons. The minimum Gasteiger partial charge on any atom is -1.00 e. The van der Waals surface area contributed by atoms with Gasteiger partial charge in [0, 0.05) is 6.42 Å². The second kappa shape index (κ2) is 8.60. The first-order chi connectivity index (χ1) is 9.68. The number of nitrogens with two attached hydrogens (primary N) is 1. The summed E-state index contributed by atoms with van der Waals surface area (Å²) in [5.41, 5.74) is 11.3. The summed E-state index contributed by atoms with van der Waals surface area (Å²) in [6, 6.07) is 7.29. The summed E-state index contributed by atoms with van der Waals surface area (Å²) in [5.74, 6) is 0. The lowest BCUT2D eigenvalue weighted by atomic mass is 9.86. The van der Waals surface area contributed by atoms with Crippen molar-refractivity contribution in [3.8, 4) is 0 Å². The molecule has 0 fully saturated rings. The first-order valence-electron chi connectivity index (χ1n) is 6.84. The Morgan fingerprint density at radius 2 is 1.82 bits per heavy atom. The normalized spacial score (nSPS) is 12.0. The van der Waals surface area contributed by atoms with E-state index in [0.717, 1.165) is 5.56 Å². The Bertz CT molecular complexity index is 498. The number of hydrogen-bond acceptors (Lipinski definition) is 3. The monoisotopic (exact) mass is 329 g/mol. The van der Waals surface area contributed by atoms with Gasteiger partial charge in [-0.3, -0.25) is 0 Å². The molecular weight excluding hydrogens is 306 g/mol. The molecule has 22 heavy (non-hydrogen) atoms. The predicted octanol–water partition coefficient (Wildman–Crippen LogP) is -2.05. The maximum absolute atomic E-state index is 11.1. The van der Waals surface area contributed by atoms with Crippen molar-refractivity contribution in [3.63, 3.8) is 0 Å². The highest BCUT2D eigenvalue weighted by Crippen LogP contribution is 2.22. The van der Waals surface area contributed by atoms with E-state index in [0.29, 0.717) is 6.42 Å². The number of urea groups is 1. The number of alkyl carbamates (subject to hydrolysis) is 1. The highest BCUT2D eigenvalue weighted by Gasteiger charge is 2.15. The molecule has 124 valence electrons. The van der Waals surface area contributed by atoms with Crippen LogP contribution in [-0.4, -0.2) is 24.8 Å². The molecular formula is C15H24ClN3O3. The van der Waals surface area contributed by atoms with Crippen molar-refractivity contribution in [1.82, 2.24) is 5.32 Å². The van der Waals surface area contributed by atoms with Crippen LogP contribution in [0.1, 0.15) is 31.9 Å². The van der Waals surface area contributed by atoms with Crippen molar-refractivity contribution < 1.29 is 32.5 Å². The highest BCUT2D eigenvalue weighted by molar-refractivity contribution is 5.89. The molecule has 1 rings (SSSR count). The van der Waals surface area contributed by atoms with E-state index in [9.17, 15) is 9.59 Å². The van der Waals surface area contributed by atoms with Crippen molar-refractivity contribution in [2.75, 3.05) is 6.61 Å². The SMILES string of the molecule is CC(C)(C)c1ccc(CC([NH3+])COC(=O)NC(N)=O)cc1.[Cl-]. The average Bonchev–Trinajstić information content (AvgIpc) is 2.35. The number of halogens is 1. The number of imide groups is 1. The van der Waals surface area contributed by atoms with Crippen LogP contribution in [0.5, 0.6) is 0 Å². The minimum absolute atomic E-state index is 0. The fraction of sp³-hybridized carbons (Fsp3) is 0.467. The van der Waals surface area contributed by atoms with Crippen molar-refractivity contribution in [3.05, 3.63) is 35.4 Å². The van der Waals surface area contributed by atoms with Gasteiger partial charge in [-0.15, -0.1) is 0 Å². The number of carbonyl (C=O) groups excluding carboxylic acids is 2. The largest absolute Gasteiger partial charge is 1.00 e. The van der Waals surface area contributed by atoms with Gasteiger partial charge in [0.2, 0.25) is 0 Å². The zero-order valence-corrected chi connectivity index (χ0v) is 13.9. The number of nitrogens with one attached hydrogen (secondary N) is 1. The lowest BCUT2D eigenvalue weighted by molar-refractivity contribution is -0.424. The fourth-order valence-corrected chi connectivity index (χ4v) is 1.86. The van der Waals surface area contributed by atoms with Gasteiger partial charge in [-0.25, -0.2) is 14.9 Å². The van der Waals surface area contributed by atoms with Crippen LogP contribution in [0.25, 0.3) is 0 Å². The van der Waals surface area contributed by atoms with E-state index in [1.165, 1.54) is 5.56 Å². The molecule has 0 aliphatic heterocycles. The van der Waals surface area contributed by atoms with Crippen LogP contribution in [-0.2, 0) is 16.6 Å². The van der Waals surface area contributed by atoms with E-state index in [1.807, 2.05) is 5.32 Å². The molecule has 0 spiro atoms. The highest BCUT2D eigenvalue weighted by atomic mass is 35.5. The molecule has 6 N–H and O–H groups in total. The standard InChI is InChI=1S/C15H23N3O3.ClH/c1-15(2,3)11-6-4-10(5-7-11)8-12(16)9-21-14(20)18-13(17)19;/h4-7,12H,8-9,16H2,1-3H3,(H3,17,18,19,20);1H. The van der Waals surface area contributed by atoms with Crippen LogP contribution in [0.3, 0.4) is 0 Å². The number of rotatable bonds is 4. The zero-order chi connectivity index (χ0) is 16.0. The van der Waals surface area contributed by atoms with E-state index in [2.05, 4.69) is 50.8 Å². The number of ether oxygens (including phenoxy) is 1. The first-order valence-corrected chi connectivity index (χ1v) is 6.84. The van der Waals surface area contributed by atoms with Crippen molar-refractivity contribution >= 4 is 12.1 Å². The van der Waals surface area contributed by atoms with E-state index in [1.54, 1.807) is 0 Å². The number of carbonyl (C=O) groups is 2. The van der Waals surface area contributed by atoms with Crippen molar-refractivity contribution in [2.24, 2.45) is 5.73 Å². The third-order valence-corrected chi connectivity index (χ3v) is 3.02. The van der Waals surface area contributed by atoms with Crippen LogP contribution in [0.15, 0.2) is 24.3 Å². The van der Waals surface area contributed by atoms with Gasteiger partial charge in [-0.1, -0.05) is 45.0 Å². The quantitative estimate of drug-likeness (QED) is 0.591. The molecule has 0 heterocycles. The Labute approximate surface area is 137 Å². The van der Waals surface area contributed by atoms with Gasteiger partial charge < -0.3 is 28.6 Å². The summed E-state index contributed by atoms with van der Waals surface area (Å²) in [4.78, 5) is 21.6. The summed E-state index contributed by atoms with van der Waals surface area (Å²) in [7, 11) is 0. The van der Waals surface area contributed by atoms with Gasteiger partial charge in [0.1, 0.15) is 12.6 Å². The Kier molecular flexibility index (Phi) is 7.90. The topological polar surface area (TPSA) is 109 Å². The molecule has 0 aliphatic carbocycles. The maximum atomic E-state index is 11.1. The second-order valence-corrected chi connectivity index (χ2v) is 6.10. The molecule has 1 aromatic carbocycles. The van der Waals surface area contributed by atoms with E-state index in [-0.39, 0.29) is 30.5 Å². The van der Waals surface area contributed by atoms with Crippen LogP contribution < -0.4 is 29.2 Å². The molecule has 1 unspecified atom stereocenters. The fourth-order valence-electron chi connectivity index (χ4n) is 1.86. The van der Waals surface area contributed by atoms with E-state index < -0.39 is 12.1 Å². The number of benzene rings is 1. The van der Waals surface area contributed by atoms with Crippen LogP contribution >= 0.6 is 0 Å². The Morgan fingerprint density at radius 1 is 1.27 bits per heavy atom. The second-order valence-electron chi connectivity index (χ2n) is 6.10. The summed E-state index contributed by atoms with van der Waals surface area (Å²) in [5, 5.41) is 1.84. The summed E-state index contributed by atoms with van der Waals surface area (Å²) < 4.78 is 4.85. The summed E-state index contributed by atoms with van der Waals surface area (Å²) >= 11 is 0.